The van der Waals surface area contributed by atoms with Gasteiger partial charge in [-0.25, -0.2) is 4.68 Å². The van der Waals surface area contributed by atoms with Crippen LogP contribution in [0.15, 0.2) is 12.4 Å². The average molecular weight is 302 g/mol. The maximum atomic E-state index is 12.7. The quantitative estimate of drug-likeness (QED) is 0.862. The summed E-state index contributed by atoms with van der Waals surface area (Å²) in [4.78, 5) is 14.8. The van der Waals surface area contributed by atoms with E-state index in [1.54, 1.807) is 6.20 Å². The molecule has 2 bridgehead atoms. The highest BCUT2D eigenvalue weighted by molar-refractivity contribution is 5.76. The van der Waals surface area contributed by atoms with Gasteiger partial charge in [-0.05, 0) is 56.3 Å². The van der Waals surface area contributed by atoms with Gasteiger partial charge in [-0.15, -0.1) is 5.10 Å². The Morgan fingerprint density at radius 3 is 2.82 bits per heavy atom. The summed E-state index contributed by atoms with van der Waals surface area (Å²) in [5.74, 6) is 2.87. The van der Waals surface area contributed by atoms with Gasteiger partial charge in [0.1, 0.15) is 0 Å². The standard InChI is InChI=1S/C17H26N4O/c22-17(12-15-11-13-3-4-14(15)10-13)20-7-1-2-16(5-8-20)21-9-6-18-19-21/h6,9,13-16H,1-5,7-8,10-12H2. The molecule has 1 aromatic rings. The smallest absolute Gasteiger partial charge is 0.222 e. The van der Waals surface area contributed by atoms with Crippen molar-refractivity contribution < 1.29 is 4.79 Å². The molecule has 4 atom stereocenters. The lowest BCUT2D eigenvalue weighted by atomic mass is 9.86. The van der Waals surface area contributed by atoms with Gasteiger partial charge in [-0.1, -0.05) is 11.6 Å². The minimum atomic E-state index is 0.400. The molecule has 22 heavy (non-hydrogen) atoms. The summed E-state index contributed by atoms with van der Waals surface area (Å²) in [5.41, 5.74) is 0. The average Bonchev–Trinajstić information content (AvgIpc) is 3.23. The van der Waals surface area contributed by atoms with Crippen LogP contribution in [0.3, 0.4) is 0 Å². The number of aromatic nitrogens is 3. The van der Waals surface area contributed by atoms with Gasteiger partial charge in [0.05, 0.1) is 12.2 Å². The van der Waals surface area contributed by atoms with Gasteiger partial charge in [0.15, 0.2) is 0 Å². The first-order valence-corrected chi connectivity index (χ1v) is 8.93. The number of hydrogen-bond donors (Lipinski definition) is 0. The third-order valence-corrected chi connectivity index (χ3v) is 6.19. The molecule has 2 saturated carbocycles. The van der Waals surface area contributed by atoms with Crippen LogP contribution < -0.4 is 0 Å². The van der Waals surface area contributed by atoms with Crippen LogP contribution in [0.2, 0.25) is 0 Å². The lowest BCUT2D eigenvalue weighted by molar-refractivity contribution is -0.132. The Bertz CT molecular complexity index is 515. The molecule has 0 N–H and O–H groups in total. The van der Waals surface area contributed by atoms with E-state index in [4.69, 9.17) is 0 Å². The summed E-state index contributed by atoms with van der Waals surface area (Å²) in [6.07, 6.45) is 13.2. The lowest BCUT2D eigenvalue weighted by Gasteiger charge is -2.26. The van der Waals surface area contributed by atoms with E-state index < -0.39 is 0 Å². The van der Waals surface area contributed by atoms with Gasteiger partial charge in [-0.2, -0.15) is 0 Å². The molecule has 0 aromatic carbocycles. The Morgan fingerprint density at radius 1 is 1.14 bits per heavy atom. The molecular formula is C17H26N4O. The van der Waals surface area contributed by atoms with Gasteiger partial charge in [0, 0.05) is 25.7 Å². The van der Waals surface area contributed by atoms with Crippen molar-refractivity contribution in [2.24, 2.45) is 17.8 Å². The van der Waals surface area contributed by atoms with E-state index in [2.05, 4.69) is 15.2 Å². The van der Waals surface area contributed by atoms with E-state index in [1.807, 2.05) is 10.9 Å². The minimum absolute atomic E-state index is 0.400. The normalized spacial score (nSPS) is 34.8. The minimum Gasteiger partial charge on any atom is -0.343 e. The van der Waals surface area contributed by atoms with Gasteiger partial charge >= 0.3 is 0 Å². The summed E-state index contributed by atoms with van der Waals surface area (Å²) in [5, 5.41) is 8.03. The number of hydrogen-bond acceptors (Lipinski definition) is 3. The van der Waals surface area contributed by atoms with Gasteiger partial charge in [0.25, 0.3) is 0 Å². The first kappa shape index (κ1) is 14.2. The maximum absolute atomic E-state index is 12.7. The first-order valence-electron chi connectivity index (χ1n) is 8.93. The molecule has 1 aliphatic heterocycles. The van der Waals surface area contributed by atoms with Crippen molar-refractivity contribution in [1.82, 2.24) is 19.9 Å². The van der Waals surface area contributed by atoms with E-state index in [-0.39, 0.29) is 0 Å². The predicted octanol–water partition coefficient (Wildman–Crippen LogP) is 2.66. The van der Waals surface area contributed by atoms with E-state index >= 15 is 0 Å². The largest absolute Gasteiger partial charge is 0.343 e. The van der Waals surface area contributed by atoms with E-state index in [0.717, 1.165) is 50.6 Å². The number of fused-ring (bicyclic) bond motifs is 2. The zero-order chi connectivity index (χ0) is 14.9. The first-order chi connectivity index (χ1) is 10.8. The van der Waals surface area contributed by atoms with Crippen LogP contribution >= 0.6 is 0 Å². The third-order valence-electron chi connectivity index (χ3n) is 6.19. The Balaban J connectivity index is 1.32. The molecule has 3 fully saturated rings. The van der Waals surface area contributed by atoms with Crippen LogP contribution in [0, 0.1) is 17.8 Å². The molecular weight excluding hydrogens is 276 g/mol. The van der Waals surface area contributed by atoms with E-state index in [9.17, 15) is 4.79 Å². The second-order valence-corrected chi connectivity index (χ2v) is 7.49. The summed E-state index contributed by atoms with van der Waals surface area (Å²) < 4.78 is 1.96. The van der Waals surface area contributed by atoms with Crippen LogP contribution in [0.4, 0.5) is 0 Å². The van der Waals surface area contributed by atoms with Crippen molar-refractivity contribution in [2.45, 2.75) is 57.4 Å². The molecule has 4 unspecified atom stereocenters. The van der Waals surface area contributed by atoms with Crippen molar-refractivity contribution in [1.29, 1.82) is 0 Å². The Labute approximate surface area is 132 Å². The number of amides is 1. The van der Waals surface area contributed by atoms with Crippen LogP contribution in [0.1, 0.15) is 57.4 Å². The molecule has 120 valence electrons. The molecule has 5 heteroatoms. The van der Waals surface area contributed by atoms with Crippen molar-refractivity contribution in [3.05, 3.63) is 12.4 Å². The fourth-order valence-corrected chi connectivity index (χ4v) is 4.98. The SMILES string of the molecule is O=C(CC1CC2CCC1C2)N1CCCC(n2ccnn2)CC1. The molecule has 0 radical (unpaired) electrons. The molecule has 2 heterocycles. The van der Waals surface area contributed by atoms with Crippen molar-refractivity contribution >= 4 is 5.91 Å². The Morgan fingerprint density at radius 2 is 2.09 bits per heavy atom. The van der Waals surface area contributed by atoms with Gasteiger partial charge in [0.2, 0.25) is 5.91 Å². The van der Waals surface area contributed by atoms with Crippen molar-refractivity contribution in [2.75, 3.05) is 13.1 Å². The maximum Gasteiger partial charge on any atom is 0.222 e. The van der Waals surface area contributed by atoms with Crippen LogP contribution in [0.5, 0.6) is 0 Å². The molecule has 3 aliphatic rings. The second-order valence-electron chi connectivity index (χ2n) is 7.49. The summed E-state index contributed by atoms with van der Waals surface area (Å²) >= 11 is 0. The van der Waals surface area contributed by atoms with Gasteiger partial charge < -0.3 is 4.90 Å². The number of carbonyl (C=O) groups is 1. The number of rotatable bonds is 3. The highest BCUT2D eigenvalue weighted by atomic mass is 16.2. The lowest BCUT2D eigenvalue weighted by Crippen LogP contribution is -2.34. The van der Waals surface area contributed by atoms with Crippen LogP contribution in [-0.2, 0) is 4.79 Å². The van der Waals surface area contributed by atoms with Crippen LogP contribution in [-0.4, -0.2) is 38.9 Å². The number of nitrogens with zero attached hydrogens (tertiary/aromatic N) is 4. The summed E-state index contributed by atoms with van der Waals surface area (Å²) in [7, 11) is 0. The van der Waals surface area contributed by atoms with E-state index in [0.29, 0.717) is 17.9 Å². The fourth-order valence-electron chi connectivity index (χ4n) is 4.98. The molecule has 5 nitrogen and oxygen atoms in total. The third kappa shape index (κ3) is 2.77. The molecule has 1 saturated heterocycles. The molecule has 4 rings (SSSR count). The zero-order valence-corrected chi connectivity index (χ0v) is 13.2. The summed E-state index contributed by atoms with van der Waals surface area (Å²) in [6, 6.07) is 0.405. The molecule has 0 spiro atoms. The van der Waals surface area contributed by atoms with Crippen molar-refractivity contribution in [3.63, 3.8) is 0 Å². The number of carbonyl (C=O) groups excluding carboxylic acids is 1. The van der Waals surface area contributed by atoms with E-state index in [1.165, 1.54) is 25.7 Å². The molecule has 1 aromatic heterocycles. The van der Waals surface area contributed by atoms with Crippen molar-refractivity contribution in [3.8, 4) is 0 Å². The fraction of sp³-hybridized carbons (Fsp3) is 0.824. The van der Waals surface area contributed by atoms with Crippen LogP contribution in [0.25, 0.3) is 0 Å². The summed E-state index contributed by atoms with van der Waals surface area (Å²) in [6.45, 7) is 1.80. The zero-order valence-electron chi connectivity index (χ0n) is 13.2. The topological polar surface area (TPSA) is 51.0 Å². The molecule has 2 aliphatic carbocycles. The highest BCUT2D eigenvalue weighted by Crippen LogP contribution is 2.49. The Hall–Kier alpha value is -1.39. The number of likely N-dealkylation sites (tertiary alicyclic amines) is 1. The monoisotopic (exact) mass is 302 g/mol. The highest BCUT2D eigenvalue weighted by Gasteiger charge is 2.40. The van der Waals surface area contributed by atoms with Gasteiger partial charge in [-0.3, -0.25) is 4.79 Å². The molecule has 1 amide bonds. The predicted molar refractivity (Wildman–Crippen MR) is 83.0 cm³/mol. The Kier molecular flexibility index (Phi) is 3.89. The second kappa shape index (κ2) is 6.01.